The van der Waals surface area contributed by atoms with Gasteiger partial charge < -0.3 is 10.2 Å². The Morgan fingerprint density at radius 3 is 2.15 bits per heavy atom. The summed E-state index contributed by atoms with van der Waals surface area (Å²) in [6.07, 6.45) is 0. The smallest absolute Gasteiger partial charge is 0.246 e. The van der Waals surface area contributed by atoms with Crippen LogP contribution >= 0.6 is 0 Å². The first-order valence-electron chi connectivity index (χ1n) is 4.03. The van der Waals surface area contributed by atoms with Crippen LogP contribution in [0.15, 0.2) is 12.2 Å². The van der Waals surface area contributed by atoms with E-state index in [0.29, 0.717) is 5.57 Å². The molecule has 0 aliphatic carbocycles. The Morgan fingerprint density at radius 2 is 1.85 bits per heavy atom. The highest BCUT2D eigenvalue weighted by molar-refractivity contribution is 5.95. The fraction of sp³-hybridized carbons (Fsp3) is 0.556. The van der Waals surface area contributed by atoms with Crippen molar-refractivity contribution in [2.75, 3.05) is 14.1 Å². The Bertz CT molecular complexity index is 234. The van der Waals surface area contributed by atoms with Crippen LogP contribution in [-0.2, 0) is 9.59 Å². The van der Waals surface area contributed by atoms with Crippen LogP contribution in [0.5, 0.6) is 0 Å². The number of nitrogens with one attached hydrogen (secondary N) is 1. The van der Waals surface area contributed by atoms with Crippen LogP contribution < -0.4 is 5.32 Å². The van der Waals surface area contributed by atoms with Gasteiger partial charge in [-0.05, 0) is 13.8 Å². The van der Waals surface area contributed by atoms with Crippen LogP contribution in [0, 0.1) is 0 Å². The number of amides is 2. The maximum atomic E-state index is 11.3. The number of likely N-dealkylation sites (N-methyl/N-ethyl adjacent to an activating group) is 1. The molecule has 0 spiro atoms. The predicted molar refractivity (Wildman–Crippen MR) is 51.1 cm³/mol. The van der Waals surface area contributed by atoms with Crippen molar-refractivity contribution in [3.63, 3.8) is 0 Å². The zero-order valence-corrected chi connectivity index (χ0v) is 8.55. The molecule has 0 aromatic heterocycles. The molecule has 0 aromatic rings. The summed E-state index contributed by atoms with van der Waals surface area (Å²) in [5.41, 5.74) is 0.401. The molecule has 1 unspecified atom stereocenters. The molecule has 0 saturated carbocycles. The molecule has 1 N–H and O–H groups in total. The predicted octanol–water partition coefficient (Wildman–Crippen LogP) is 0.155. The van der Waals surface area contributed by atoms with E-state index in [1.54, 1.807) is 27.9 Å². The lowest BCUT2D eigenvalue weighted by atomic mass is 10.2. The Labute approximate surface area is 78.6 Å². The van der Waals surface area contributed by atoms with Crippen LogP contribution in [0.3, 0.4) is 0 Å². The molecule has 1 atom stereocenters. The number of carbonyl (C=O) groups excluding carboxylic acids is 2. The summed E-state index contributed by atoms with van der Waals surface area (Å²) in [5, 5.41) is 2.53. The van der Waals surface area contributed by atoms with E-state index in [9.17, 15) is 9.59 Å². The van der Waals surface area contributed by atoms with Gasteiger partial charge in [0, 0.05) is 19.7 Å². The zero-order valence-electron chi connectivity index (χ0n) is 8.55. The lowest BCUT2D eigenvalue weighted by molar-refractivity contribution is -0.133. The van der Waals surface area contributed by atoms with Gasteiger partial charge in [0.2, 0.25) is 11.8 Å². The van der Waals surface area contributed by atoms with Crippen LogP contribution in [-0.4, -0.2) is 36.9 Å². The lowest BCUT2D eigenvalue weighted by Crippen LogP contribution is -2.44. The second kappa shape index (κ2) is 4.64. The highest BCUT2D eigenvalue weighted by Gasteiger charge is 2.16. The van der Waals surface area contributed by atoms with Gasteiger partial charge in [-0.15, -0.1) is 0 Å². The Hall–Kier alpha value is -1.32. The van der Waals surface area contributed by atoms with Crippen LogP contribution in [0.25, 0.3) is 0 Å². The molecule has 4 nitrogen and oxygen atoms in total. The monoisotopic (exact) mass is 184 g/mol. The van der Waals surface area contributed by atoms with Crippen LogP contribution in [0.1, 0.15) is 13.8 Å². The van der Waals surface area contributed by atoms with E-state index in [-0.39, 0.29) is 11.8 Å². The van der Waals surface area contributed by atoms with Crippen molar-refractivity contribution in [3.8, 4) is 0 Å². The average molecular weight is 184 g/mol. The molecule has 0 aromatic carbocycles. The molecule has 0 bridgehead atoms. The molecular formula is C9H16N2O2. The SMILES string of the molecule is C=C(C)C(=O)NC(C)C(=O)N(C)C. The van der Waals surface area contributed by atoms with Gasteiger partial charge >= 0.3 is 0 Å². The minimum absolute atomic E-state index is 0.130. The highest BCUT2D eigenvalue weighted by Crippen LogP contribution is 1.92. The Kier molecular flexibility index (Phi) is 4.17. The van der Waals surface area contributed by atoms with Crippen molar-refractivity contribution in [1.82, 2.24) is 10.2 Å². The second-order valence-electron chi connectivity index (χ2n) is 3.21. The fourth-order valence-corrected chi connectivity index (χ4v) is 0.769. The number of nitrogens with zero attached hydrogens (tertiary/aromatic N) is 1. The number of hydrogen-bond donors (Lipinski definition) is 1. The van der Waals surface area contributed by atoms with Gasteiger partial charge in [0.05, 0.1) is 0 Å². The second-order valence-corrected chi connectivity index (χ2v) is 3.21. The summed E-state index contributed by atoms with van der Waals surface area (Å²) in [5.74, 6) is -0.419. The topological polar surface area (TPSA) is 49.4 Å². The van der Waals surface area contributed by atoms with E-state index in [0.717, 1.165) is 0 Å². The molecule has 0 aliphatic rings. The van der Waals surface area contributed by atoms with E-state index in [4.69, 9.17) is 0 Å². The zero-order chi connectivity index (χ0) is 10.6. The quantitative estimate of drug-likeness (QED) is 0.635. The van der Waals surface area contributed by atoms with E-state index in [1.807, 2.05) is 0 Å². The maximum absolute atomic E-state index is 11.3. The molecule has 0 fully saturated rings. The molecule has 13 heavy (non-hydrogen) atoms. The van der Waals surface area contributed by atoms with Gasteiger partial charge in [-0.3, -0.25) is 9.59 Å². The van der Waals surface area contributed by atoms with E-state index >= 15 is 0 Å². The van der Waals surface area contributed by atoms with Crippen molar-refractivity contribution in [1.29, 1.82) is 0 Å². The third kappa shape index (κ3) is 3.73. The van der Waals surface area contributed by atoms with Gasteiger partial charge in [0.1, 0.15) is 6.04 Å². The lowest BCUT2D eigenvalue weighted by Gasteiger charge is -2.17. The molecule has 0 radical (unpaired) electrons. The summed E-state index contributed by atoms with van der Waals surface area (Å²) >= 11 is 0. The van der Waals surface area contributed by atoms with Crippen molar-refractivity contribution in [2.45, 2.75) is 19.9 Å². The van der Waals surface area contributed by atoms with Gasteiger partial charge in [-0.2, -0.15) is 0 Å². The Morgan fingerprint density at radius 1 is 1.38 bits per heavy atom. The summed E-state index contributed by atoms with van der Waals surface area (Å²) in [4.78, 5) is 23.8. The molecule has 74 valence electrons. The molecule has 0 rings (SSSR count). The molecule has 0 heterocycles. The van der Waals surface area contributed by atoms with Crippen molar-refractivity contribution in [2.24, 2.45) is 0 Å². The molecule has 4 heteroatoms. The van der Waals surface area contributed by atoms with Gasteiger partial charge in [0.25, 0.3) is 0 Å². The molecule has 0 saturated heterocycles. The van der Waals surface area contributed by atoms with Gasteiger partial charge in [-0.25, -0.2) is 0 Å². The third-order valence-corrected chi connectivity index (χ3v) is 1.55. The summed E-state index contributed by atoms with van der Waals surface area (Å²) in [6.45, 7) is 6.72. The Balaban J connectivity index is 4.15. The van der Waals surface area contributed by atoms with Crippen molar-refractivity contribution in [3.05, 3.63) is 12.2 Å². The maximum Gasteiger partial charge on any atom is 0.246 e. The summed E-state index contributed by atoms with van der Waals surface area (Å²) < 4.78 is 0. The van der Waals surface area contributed by atoms with Gasteiger partial charge in [-0.1, -0.05) is 6.58 Å². The number of hydrogen-bond acceptors (Lipinski definition) is 2. The van der Waals surface area contributed by atoms with Crippen LogP contribution in [0.4, 0.5) is 0 Å². The van der Waals surface area contributed by atoms with Crippen molar-refractivity contribution >= 4 is 11.8 Å². The minimum atomic E-state index is -0.501. The highest BCUT2D eigenvalue weighted by atomic mass is 16.2. The van der Waals surface area contributed by atoms with Crippen LogP contribution in [0.2, 0.25) is 0 Å². The first kappa shape index (κ1) is 11.7. The summed E-state index contributed by atoms with van der Waals surface area (Å²) in [7, 11) is 3.29. The minimum Gasteiger partial charge on any atom is -0.347 e. The standard InChI is InChI=1S/C9H16N2O2/c1-6(2)8(12)10-7(3)9(13)11(4)5/h7H,1H2,2-5H3,(H,10,12). The third-order valence-electron chi connectivity index (χ3n) is 1.55. The normalized spacial score (nSPS) is 11.7. The fourth-order valence-electron chi connectivity index (χ4n) is 0.769. The molecular weight excluding hydrogens is 168 g/mol. The summed E-state index contributed by atoms with van der Waals surface area (Å²) in [6, 6.07) is -0.501. The number of rotatable bonds is 3. The number of carbonyl (C=O) groups is 2. The average Bonchev–Trinajstić information content (AvgIpc) is 2.02. The van der Waals surface area contributed by atoms with E-state index in [2.05, 4.69) is 11.9 Å². The molecule has 0 aliphatic heterocycles. The first-order chi connectivity index (χ1) is 5.86. The van der Waals surface area contributed by atoms with Crippen molar-refractivity contribution < 1.29 is 9.59 Å². The molecule has 2 amide bonds. The van der Waals surface area contributed by atoms with Gasteiger partial charge in [0.15, 0.2) is 0 Å². The largest absolute Gasteiger partial charge is 0.347 e. The van der Waals surface area contributed by atoms with E-state index in [1.165, 1.54) is 4.90 Å². The first-order valence-corrected chi connectivity index (χ1v) is 4.03. The van der Waals surface area contributed by atoms with E-state index < -0.39 is 6.04 Å².